The van der Waals surface area contributed by atoms with Gasteiger partial charge in [-0.2, -0.15) is 0 Å². The van der Waals surface area contributed by atoms with Crippen molar-refractivity contribution in [3.8, 4) is 0 Å². The summed E-state index contributed by atoms with van der Waals surface area (Å²) in [6, 6.07) is 13.9. The second-order valence-corrected chi connectivity index (χ2v) is 2.57. The Bertz CT molecular complexity index is 332. The highest BCUT2D eigenvalue weighted by atomic mass is 16.3. The molecule has 14 heavy (non-hydrogen) atoms. The van der Waals surface area contributed by atoms with Gasteiger partial charge in [0.25, 0.3) is 0 Å². The van der Waals surface area contributed by atoms with Crippen LogP contribution >= 0.6 is 0 Å². The molecule has 2 rings (SSSR count). The van der Waals surface area contributed by atoms with Crippen LogP contribution in [0.25, 0.3) is 0 Å². The lowest BCUT2D eigenvalue weighted by molar-refractivity contribution is 0.601. The molecule has 0 unspecified atom stereocenters. The van der Waals surface area contributed by atoms with Crippen molar-refractivity contribution in [2.45, 2.75) is 0 Å². The third-order valence-electron chi connectivity index (χ3n) is 1.65. The van der Waals surface area contributed by atoms with Gasteiger partial charge in [-0.15, -0.1) is 0 Å². The second-order valence-electron chi connectivity index (χ2n) is 2.57. The zero-order chi connectivity index (χ0) is 8.23. The highest BCUT2D eigenvalue weighted by Crippen LogP contribution is 1.84. The maximum absolute atomic E-state index is 5.18. The van der Waals surface area contributed by atoms with Crippen LogP contribution in [0.1, 0.15) is 0 Å². The summed E-state index contributed by atoms with van der Waals surface area (Å²) in [6.45, 7) is 0. The highest BCUT2D eigenvalue weighted by Gasteiger charge is 1.99. The molecule has 2 aromatic rings. The molecule has 0 amide bonds. The quantitative estimate of drug-likeness (QED) is 0.577. The van der Waals surface area contributed by atoms with Gasteiger partial charge in [-0.25, -0.2) is 0 Å². The molecule has 73 valence electrons. The zero-order valence-electron chi connectivity index (χ0n) is 7.60. The maximum Gasteiger partial charge on any atom is 0.240 e. The Morgan fingerprint density at radius 3 is 2.14 bits per heavy atom. The molecule has 0 atom stereocenters. The van der Waals surface area contributed by atoms with E-state index in [9.17, 15) is 0 Å². The average Bonchev–Trinajstić information content (AvgIpc) is 2.59. The van der Waals surface area contributed by atoms with Crippen LogP contribution in [0.3, 0.4) is 0 Å². The van der Waals surface area contributed by atoms with Crippen LogP contribution in [0.15, 0.2) is 53.1 Å². The first kappa shape index (κ1) is 12.5. The lowest BCUT2D eigenvalue weighted by atomic mass is 9.68. The predicted molar refractivity (Wildman–Crippen MR) is 57.4 cm³/mol. The summed E-state index contributed by atoms with van der Waals surface area (Å²) in [4.78, 5) is 0. The minimum atomic E-state index is 0. The molecule has 1 radical (unpaired) electrons. The SMILES string of the molecule is O.O.[B](c1ccccc1)c1ccco1. The van der Waals surface area contributed by atoms with Crippen molar-refractivity contribution in [2.75, 3.05) is 0 Å². The van der Waals surface area contributed by atoms with Gasteiger partial charge in [0.2, 0.25) is 7.28 Å². The fourth-order valence-corrected chi connectivity index (χ4v) is 1.09. The van der Waals surface area contributed by atoms with Crippen molar-refractivity contribution in [1.82, 2.24) is 0 Å². The van der Waals surface area contributed by atoms with Crippen molar-refractivity contribution in [2.24, 2.45) is 0 Å². The molecule has 1 aromatic carbocycles. The summed E-state index contributed by atoms with van der Waals surface area (Å²) in [5.41, 5.74) is 2.05. The van der Waals surface area contributed by atoms with Crippen molar-refractivity contribution in [1.29, 1.82) is 0 Å². The van der Waals surface area contributed by atoms with Gasteiger partial charge in [0.15, 0.2) is 0 Å². The maximum atomic E-state index is 5.18. The molecule has 0 aliphatic rings. The van der Waals surface area contributed by atoms with Crippen molar-refractivity contribution < 1.29 is 15.4 Å². The van der Waals surface area contributed by atoms with Crippen LogP contribution in [-0.2, 0) is 0 Å². The van der Waals surface area contributed by atoms with Gasteiger partial charge in [-0.05, 0) is 12.1 Å². The van der Waals surface area contributed by atoms with E-state index in [1.807, 2.05) is 49.7 Å². The highest BCUT2D eigenvalue weighted by molar-refractivity contribution is 6.66. The Morgan fingerprint density at radius 2 is 1.57 bits per heavy atom. The van der Waals surface area contributed by atoms with Gasteiger partial charge in [0.1, 0.15) is 0 Å². The average molecular weight is 191 g/mol. The van der Waals surface area contributed by atoms with E-state index in [-0.39, 0.29) is 11.0 Å². The molecule has 0 aliphatic carbocycles. The number of furan rings is 1. The third-order valence-corrected chi connectivity index (χ3v) is 1.65. The van der Waals surface area contributed by atoms with Gasteiger partial charge in [-0.1, -0.05) is 35.8 Å². The van der Waals surface area contributed by atoms with Crippen molar-refractivity contribution in [3.63, 3.8) is 0 Å². The summed E-state index contributed by atoms with van der Waals surface area (Å²) in [7, 11) is 2.00. The predicted octanol–water partition coefficient (Wildman–Crippen LogP) is -0.715. The van der Waals surface area contributed by atoms with Gasteiger partial charge >= 0.3 is 0 Å². The molecule has 0 aliphatic heterocycles. The van der Waals surface area contributed by atoms with E-state index in [4.69, 9.17) is 4.42 Å². The summed E-state index contributed by atoms with van der Waals surface area (Å²) < 4.78 is 5.18. The molecule has 0 fully saturated rings. The van der Waals surface area contributed by atoms with E-state index in [0.717, 1.165) is 11.1 Å². The Labute approximate surface area is 83.2 Å². The molecule has 0 saturated heterocycles. The van der Waals surface area contributed by atoms with Gasteiger partial charge < -0.3 is 15.4 Å². The molecule has 4 heteroatoms. The minimum absolute atomic E-state index is 0. The molecule has 1 aromatic heterocycles. The molecule has 0 bridgehead atoms. The normalized spacial score (nSPS) is 8.29. The zero-order valence-corrected chi connectivity index (χ0v) is 7.60. The van der Waals surface area contributed by atoms with Crippen LogP contribution in [0.4, 0.5) is 0 Å². The van der Waals surface area contributed by atoms with E-state index in [0.29, 0.717) is 0 Å². The number of benzene rings is 1. The van der Waals surface area contributed by atoms with E-state index in [2.05, 4.69) is 0 Å². The van der Waals surface area contributed by atoms with Crippen LogP contribution in [-0.4, -0.2) is 18.2 Å². The Kier molecular flexibility index (Phi) is 5.37. The molecular formula is C10H12BO3. The fourth-order valence-electron chi connectivity index (χ4n) is 1.09. The van der Waals surface area contributed by atoms with E-state index < -0.39 is 0 Å². The summed E-state index contributed by atoms with van der Waals surface area (Å²) >= 11 is 0. The molecule has 0 spiro atoms. The smallest absolute Gasteiger partial charge is 0.240 e. The first-order valence-electron chi connectivity index (χ1n) is 3.88. The monoisotopic (exact) mass is 191 g/mol. The topological polar surface area (TPSA) is 76.1 Å². The molecule has 0 saturated carbocycles. The van der Waals surface area contributed by atoms with Crippen LogP contribution in [0, 0.1) is 0 Å². The summed E-state index contributed by atoms with van der Waals surface area (Å²) in [5, 5.41) is 0. The van der Waals surface area contributed by atoms with E-state index >= 15 is 0 Å². The molecular weight excluding hydrogens is 179 g/mol. The Morgan fingerprint density at radius 1 is 0.857 bits per heavy atom. The Balaban J connectivity index is 0.000000845. The number of rotatable bonds is 2. The van der Waals surface area contributed by atoms with Gasteiger partial charge in [-0.3, -0.25) is 0 Å². The third kappa shape index (κ3) is 3.09. The van der Waals surface area contributed by atoms with Crippen LogP contribution in [0.2, 0.25) is 0 Å². The van der Waals surface area contributed by atoms with Gasteiger partial charge in [0.05, 0.1) is 11.9 Å². The lowest BCUT2D eigenvalue weighted by Gasteiger charge is -1.93. The van der Waals surface area contributed by atoms with E-state index in [1.165, 1.54) is 0 Å². The van der Waals surface area contributed by atoms with Crippen molar-refractivity contribution in [3.05, 3.63) is 48.7 Å². The minimum Gasteiger partial charge on any atom is -0.480 e. The van der Waals surface area contributed by atoms with Crippen LogP contribution in [0.5, 0.6) is 0 Å². The molecule has 1 heterocycles. The fraction of sp³-hybridized carbons (Fsp3) is 0. The van der Waals surface area contributed by atoms with E-state index in [1.54, 1.807) is 6.26 Å². The van der Waals surface area contributed by atoms with Gasteiger partial charge in [0, 0.05) is 0 Å². The Hall–Kier alpha value is -1.52. The largest absolute Gasteiger partial charge is 0.480 e. The first-order chi connectivity index (χ1) is 5.95. The second kappa shape index (κ2) is 6.02. The molecule has 3 nitrogen and oxygen atoms in total. The summed E-state index contributed by atoms with van der Waals surface area (Å²) in [5.74, 6) is 0. The molecule has 4 N–H and O–H groups in total. The summed E-state index contributed by atoms with van der Waals surface area (Å²) in [6.07, 6.45) is 1.68. The van der Waals surface area contributed by atoms with Crippen molar-refractivity contribution >= 4 is 18.4 Å². The first-order valence-corrected chi connectivity index (χ1v) is 3.88. The number of hydrogen-bond donors (Lipinski definition) is 0. The number of hydrogen-bond acceptors (Lipinski definition) is 1. The lowest BCUT2D eigenvalue weighted by Crippen LogP contribution is -2.25. The standard InChI is InChI=1S/C10H8BO.2H2O/c1-2-5-9(6-3-1)11-10-7-4-8-12-10;;/h1-8H;2*1H2. The van der Waals surface area contributed by atoms with Crippen LogP contribution < -0.4 is 11.1 Å².